The number of carboxylic acid groups (broad SMARTS) is 1. The number of alkyl carbamates (subject to hydrolysis) is 1. The van der Waals surface area contributed by atoms with E-state index in [1.165, 1.54) is 9.80 Å². The van der Waals surface area contributed by atoms with E-state index in [0.717, 1.165) is 0 Å². The van der Waals surface area contributed by atoms with Crippen molar-refractivity contribution in [3.63, 3.8) is 0 Å². The summed E-state index contributed by atoms with van der Waals surface area (Å²) in [6.07, 6.45) is 1.53. The Morgan fingerprint density at radius 2 is 1.55 bits per heavy atom. The molecular weight excluding hydrogens is 378 g/mol. The number of carbonyl (C=O) groups excluding carboxylic acids is 3. The van der Waals surface area contributed by atoms with Gasteiger partial charge in [0.05, 0.1) is 0 Å². The van der Waals surface area contributed by atoms with Gasteiger partial charge in [0.25, 0.3) is 0 Å². The first-order valence-electron chi connectivity index (χ1n) is 10.3. The van der Waals surface area contributed by atoms with Crippen LogP contribution in [0.2, 0.25) is 0 Å². The Hall–Kier alpha value is -2.32. The predicted molar refractivity (Wildman–Crippen MR) is 105 cm³/mol. The molecule has 0 aromatic heterocycles. The van der Waals surface area contributed by atoms with Gasteiger partial charge in [0, 0.05) is 13.1 Å². The summed E-state index contributed by atoms with van der Waals surface area (Å²) in [5, 5.41) is 12.0. The fourth-order valence-electron chi connectivity index (χ4n) is 3.89. The second-order valence-electron chi connectivity index (χ2n) is 9.09. The van der Waals surface area contributed by atoms with Crippen LogP contribution < -0.4 is 5.32 Å². The number of amides is 3. The zero-order valence-corrected chi connectivity index (χ0v) is 17.9. The lowest BCUT2D eigenvalue weighted by Crippen LogP contribution is -2.57. The Balaban J connectivity index is 2.13. The largest absolute Gasteiger partial charge is 0.480 e. The fraction of sp³-hybridized carbons (Fsp3) is 0.800. The van der Waals surface area contributed by atoms with Gasteiger partial charge >= 0.3 is 12.1 Å². The van der Waals surface area contributed by atoms with E-state index in [0.29, 0.717) is 38.8 Å². The molecular formula is C20H33N3O6. The molecule has 2 fully saturated rings. The van der Waals surface area contributed by atoms with Crippen molar-refractivity contribution in [3.05, 3.63) is 0 Å². The Morgan fingerprint density at radius 1 is 1.00 bits per heavy atom. The van der Waals surface area contributed by atoms with E-state index in [4.69, 9.17) is 4.74 Å². The van der Waals surface area contributed by atoms with Crippen molar-refractivity contribution in [2.45, 2.75) is 84.0 Å². The summed E-state index contributed by atoms with van der Waals surface area (Å²) >= 11 is 0. The van der Waals surface area contributed by atoms with E-state index in [2.05, 4.69) is 5.32 Å². The van der Waals surface area contributed by atoms with Gasteiger partial charge < -0.3 is 25.0 Å². The monoisotopic (exact) mass is 411 g/mol. The number of hydrogen-bond acceptors (Lipinski definition) is 5. The van der Waals surface area contributed by atoms with Crippen LogP contribution in [0.5, 0.6) is 0 Å². The molecule has 2 aliphatic heterocycles. The fourth-order valence-corrected chi connectivity index (χ4v) is 3.89. The third-order valence-corrected chi connectivity index (χ3v) is 5.25. The van der Waals surface area contributed by atoms with Gasteiger partial charge in [-0.1, -0.05) is 13.8 Å². The van der Waals surface area contributed by atoms with Crippen molar-refractivity contribution in [2.24, 2.45) is 5.92 Å². The molecule has 0 aromatic rings. The third kappa shape index (κ3) is 5.61. The van der Waals surface area contributed by atoms with Gasteiger partial charge in [0.2, 0.25) is 11.8 Å². The van der Waals surface area contributed by atoms with Crippen LogP contribution in [0.1, 0.15) is 60.3 Å². The second kappa shape index (κ2) is 9.00. The molecule has 0 aromatic carbocycles. The highest BCUT2D eigenvalue weighted by atomic mass is 16.6. The van der Waals surface area contributed by atoms with Gasteiger partial charge in [-0.15, -0.1) is 0 Å². The van der Waals surface area contributed by atoms with Crippen molar-refractivity contribution in [1.82, 2.24) is 15.1 Å². The molecule has 0 spiro atoms. The smallest absolute Gasteiger partial charge is 0.408 e. The quantitative estimate of drug-likeness (QED) is 0.710. The summed E-state index contributed by atoms with van der Waals surface area (Å²) in [4.78, 5) is 52.7. The third-order valence-electron chi connectivity index (χ3n) is 5.25. The topological polar surface area (TPSA) is 116 Å². The lowest BCUT2D eigenvalue weighted by molar-refractivity contribution is -0.152. The Bertz CT molecular complexity index is 657. The van der Waals surface area contributed by atoms with Crippen LogP contribution in [-0.4, -0.2) is 75.6 Å². The number of rotatable bonds is 5. The molecule has 29 heavy (non-hydrogen) atoms. The zero-order chi connectivity index (χ0) is 21.9. The maximum atomic E-state index is 13.2. The van der Waals surface area contributed by atoms with E-state index < -0.39 is 35.8 Å². The first-order valence-corrected chi connectivity index (χ1v) is 10.3. The minimum atomic E-state index is -1.02. The Labute approximate surface area is 171 Å². The van der Waals surface area contributed by atoms with Gasteiger partial charge in [-0.05, 0) is 52.4 Å². The highest BCUT2D eigenvalue weighted by molar-refractivity contribution is 5.93. The van der Waals surface area contributed by atoms with Crippen molar-refractivity contribution in [3.8, 4) is 0 Å². The number of likely N-dealkylation sites (tertiary alicyclic amines) is 2. The lowest BCUT2D eigenvalue weighted by atomic mass is 10.0. The summed E-state index contributed by atoms with van der Waals surface area (Å²) in [7, 11) is 0. The highest BCUT2D eigenvalue weighted by Gasteiger charge is 2.44. The van der Waals surface area contributed by atoms with Crippen molar-refractivity contribution >= 4 is 23.9 Å². The molecule has 2 saturated heterocycles. The number of carboxylic acids is 1. The molecule has 0 unspecified atom stereocenters. The summed E-state index contributed by atoms with van der Waals surface area (Å²) in [6.45, 7) is 9.63. The molecule has 9 heteroatoms. The van der Waals surface area contributed by atoms with E-state index in [-0.39, 0.29) is 17.7 Å². The molecule has 2 N–H and O–H groups in total. The van der Waals surface area contributed by atoms with Gasteiger partial charge in [-0.3, -0.25) is 9.59 Å². The van der Waals surface area contributed by atoms with Crippen LogP contribution in [0, 0.1) is 5.92 Å². The molecule has 2 heterocycles. The van der Waals surface area contributed by atoms with Crippen LogP contribution in [0.4, 0.5) is 4.79 Å². The summed E-state index contributed by atoms with van der Waals surface area (Å²) < 4.78 is 5.27. The van der Waals surface area contributed by atoms with E-state index in [1.54, 1.807) is 20.8 Å². The molecule has 2 rings (SSSR count). The average Bonchev–Trinajstić information content (AvgIpc) is 3.25. The Kier molecular flexibility index (Phi) is 7.13. The van der Waals surface area contributed by atoms with E-state index in [9.17, 15) is 24.3 Å². The van der Waals surface area contributed by atoms with Gasteiger partial charge in [0.15, 0.2) is 0 Å². The van der Waals surface area contributed by atoms with Crippen molar-refractivity contribution in [1.29, 1.82) is 0 Å². The first-order chi connectivity index (χ1) is 13.4. The van der Waals surface area contributed by atoms with Crippen LogP contribution in [-0.2, 0) is 19.1 Å². The maximum absolute atomic E-state index is 13.2. The molecule has 2 aliphatic rings. The molecule has 3 amide bonds. The standard InChI is InChI=1S/C20H33N3O6/c1-12(2)15(21-19(28)29-20(3,4)5)17(25)22-10-6-8-13(22)16(24)23-11-7-9-14(23)18(26)27/h12-15H,6-11H2,1-5H3,(H,21,28)(H,26,27)/t13-,14-,15-/m0/s1. The van der Waals surface area contributed by atoms with E-state index in [1.807, 2.05) is 13.8 Å². The lowest BCUT2D eigenvalue weighted by Gasteiger charge is -2.33. The minimum absolute atomic E-state index is 0.204. The van der Waals surface area contributed by atoms with Gasteiger partial charge in [0.1, 0.15) is 23.7 Å². The number of nitrogens with one attached hydrogen (secondary N) is 1. The molecule has 3 atom stereocenters. The maximum Gasteiger partial charge on any atom is 0.408 e. The van der Waals surface area contributed by atoms with Crippen LogP contribution in [0.15, 0.2) is 0 Å². The number of hydrogen-bond donors (Lipinski definition) is 2. The molecule has 0 radical (unpaired) electrons. The second-order valence-corrected chi connectivity index (χ2v) is 9.09. The van der Waals surface area contributed by atoms with Crippen LogP contribution in [0.3, 0.4) is 0 Å². The van der Waals surface area contributed by atoms with Gasteiger partial charge in [-0.2, -0.15) is 0 Å². The first kappa shape index (κ1) is 23.0. The SMILES string of the molecule is CC(C)[C@H](NC(=O)OC(C)(C)C)C(=O)N1CCC[C@H]1C(=O)N1CCC[C@H]1C(=O)O. The molecule has 0 saturated carbocycles. The van der Waals surface area contributed by atoms with Gasteiger partial charge in [-0.25, -0.2) is 9.59 Å². The van der Waals surface area contributed by atoms with Crippen molar-refractivity contribution < 1.29 is 29.0 Å². The minimum Gasteiger partial charge on any atom is -0.480 e. The Morgan fingerprint density at radius 3 is 2.07 bits per heavy atom. The number of aliphatic carboxylic acids is 1. The zero-order valence-electron chi connectivity index (χ0n) is 17.9. The summed E-state index contributed by atoms with van der Waals surface area (Å²) in [5.41, 5.74) is -0.692. The predicted octanol–water partition coefficient (Wildman–Crippen LogP) is 1.60. The average molecular weight is 411 g/mol. The number of ether oxygens (including phenoxy) is 1. The highest BCUT2D eigenvalue weighted by Crippen LogP contribution is 2.26. The van der Waals surface area contributed by atoms with Crippen LogP contribution >= 0.6 is 0 Å². The van der Waals surface area contributed by atoms with Crippen LogP contribution in [0.25, 0.3) is 0 Å². The molecule has 0 bridgehead atoms. The molecule has 164 valence electrons. The van der Waals surface area contributed by atoms with Crippen molar-refractivity contribution in [2.75, 3.05) is 13.1 Å². The summed E-state index contributed by atoms with van der Waals surface area (Å²) in [5.74, 6) is -1.88. The molecule has 0 aliphatic carbocycles. The number of nitrogens with zero attached hydrogens (tertiary/aromatic N) is 2. The van der Waals surface area contributed by atoms with E-state index >= 15 is 0 Å². The summed E-state index contributed by atoms with van der Waals surface area (Å²) in [6, 6.07) is -2.35. The number of carbonyl (C=O) groups is 4. The molecule has 9 nitrogen and oxygen atoms in total. The normalized spacial score (nSPS) is 23.2.